The van der Waals surface area contributed by atoms with E-state index in [4.69, 9.17) is 4.42 Å². The molecule has 164 valence electrons. The third-order valence-corrected chi connectivity index (χ3v) is 5.34. The lowest BCUT2D eigenvalue weighted by Crippen LogP contribution is -2.32. The van der Waals surface area contributed by atoms with Crippen molar-refractivity contribution in [1.82, 2.24) is 15.2 Å². The molecule has 0 aliphatic heterocycles. The Labute approximate surface area is 183 Å². The Balaban J connectivity index is 1.77. The van der Waals surface area contributed by atoms with Gasteiger partial charge in [0.15, 0.2) is 5.69 Å². The van der Waals surface area contributed by atoms with Gasteiger partial charge >= 0.3 is 0 Å². The molecule has 1 N–H and O–H groups in total. The van der Waals surface area contributed by atoms with Crippen LogP contribution in [0.1, 0.15) is 58.9 Å². The van der Waals surface area contributed by atoms with Gasteiger partial charge in [-0.1, -0.05) is 42.8 Å². The molecule has 0 radical (unpaired) electrons. The highest BCUT2D eigenvalue weighted by atomic mass is 19.1. The molecule has 0 fully saturated rings. The summed E-state index contributed by atoms with van der Waals surface area (Å²) in [6, 6.07) is 13.0. The van der Waals surface area contributed by atoms with Crippen molar-refractivity contribution < 1.29 is 13.6 Å². The van der Waals surface area contributed by atoms with E-state index in [1.807, 2.05) is 13.8 Å². The monoisotopic (exact) mass is 423 g/mol. The zero-order valence-electron chi connectivity index (χ0n) is 18.6. The maximum atomic E-state index is 13.3. The molecule has 0 bridgehead atoms. The number of nitrogens with zero attached hydrogens (tertiary/aromatic N) is 2. The van der Waals surface area contributed by atoms with Crippen LogP contribution in [0.3, 0.4) is 0 Å². The highest BCUT2D eigenvalue weighted by Crippen LogP contribution is 2.18. The van der Waals surface area contributed by atoms with Gasteiger partial charge in [0.25, 0.3) is 5.91 Å². The summed E-state index contributed by atoms with van der Waals surface area (Å²) in [5.74, 6) is -0.0145. The lowest BCUT2D eigenvalue weighted by Gasteiger charge is -2.22. The van der Waals surface area contributed by atoms with Gasteiger partial charge in [-0.2, -0.15) is 0 Å². The third-order valence-electron chi connectivity index (χ3n) is 5.34. The van der Waals surface area contributed by atoms with Crippen LogP contribution >= 0.6 is 0 Å². The number of hydrogen-bond donors (Lipinski definition) is 1. The van der Waals surface area contributed by atoms with Crippen molar-refractivity contribution in [2.45, 2.75) is 59.8 Å². The van der Waals surface area contributed by atoms with Gasteiger partial charge in [0.1, 0.15) is 12.1 Å². The summed E-state index contributed by atoms with van der Waals surface area (Å²) < 4.78 is 18.9. The highest BCUT2D eigenvalue weighted by Gasteiger charge is 2.17. The molecule has 0 spiro atoms. The van der Waals surface area contributed by atoms with E-state index in [1.165, 1.54) is 35.1 Å². The number of benzene rings is 2. The van der Waals surface area contributed by atoms with Crippen molar-refractivity contribution in [3.63, 3.8) is 0 Å². The predicted octanol–water partition coefficient (Wildman–Crippen LogP) is 5.16. The summed E-state index contributed by atoms with van der Waals surface area (Å²) in [4.78, 5) is 18.9. The summed E-state index contributed by atoms with van der Waals surface area (Å²) in [7, 11) is 0. The molecule has 6 heteroatoms. The van der Waals surface area contributed by atoms with E-state index >= 15 is 0 Å². The molecule has 0 saturated carbocycles. The van der Waals surface area contributed by atoms with Gasteiger partial charge in [0.05, 0.1) is 6.54 Å². The summed E-state index contributed by atoms with van der Waals surface area (Å²) in [6.07, 6.45) is 2.25. The fraction of sp³-hybridized carbons (Fsp3) is 0.360. The molecule has 1 amide bonds. The predicted molar refractivity (Wildman–Crippen MR) is 119 cm³/mol. The Kier molecular flexibility index (Phi) is 7.58. The Bertz CT molecular complexity index is 1010. The smallest absolute Gasteiger partial charge is 0.273 e. The number of halogens is 1. The Morgan fingerprint density at radius 1 is 1.13 bits per heavy atom. The number of oxazole rings is 1. The van der Waals surface area contributed by atoms with Crippen LogP contribution in [-0.2, 0) is 19.6 Å². The van der Waals surface area contributed by atoms with E-state index in [2.05, 4.69) is 47.2 Å². The third kappa shape index (κ3) is 6.49. The average molecular weight is 424 g/mol. The molecule has 5 nitrogen and oxygen atoms in total. The van der Waals surface area contributed by atoms with Crippen molar-refractivity contribution in [3.05, 3.63) is 88.4 Å². The van der Waals surface area contributed by atoms with Crippen molar-refractivity contribution in [2.75, 3.05) is 0 Å². The molecule has 3 rings (SSSR count). The molecular weight excluding hydrogens is 393 g/mol. The van der Waals surface area contributed by atoms with Gasteiger partial charge in [-0.25, -0.2) is 9.37 Å². The maximum Gasteiger partial charge on any atom is 0.273 e. The minimum Gasteiger partial charge on any atom is -0.447 e. The van der Waals surface area contributed by atoms with Gasteiger partial charge in [-0.3, -0.25) is 9.69 Å². The zero-order chi connectivity index (χ0) is 22.4. The second kappa shape index (κ2) is 10.4. The van der Waals surface area contributed by atoms with Crippen LogP contribution in [0.15, 0.2) is 53.1 Å². The van der Waals surface area contributed by atoms with Crippen LogP contribution in [0, 0.1) is 19.7 Å². The molecule has 1 unspecified atom stereocenters. The van der Waals surface area contributed by atoms with Gasteiger partial charge < -0.3 is 9.73 Å². The van der Waals surface area contributed by atoms with Gasteiger partial charge in [0.2, 0.25) is 5.89 Å². The van der Waals surface area contributed by atoms with Crippen molar-refractivity contribution >= 4 is 5.91 Å². The number of amides is 1. The second-order valence-electron chi connectivity index (χ2n) is 8.11. The summed E-state index contributed by atoms with van der Waals surface area (Å²) >= 11 is 0. The number of hydrogen-bond acceptors (Lipinski definition) is 4. The SMILES string of the molecule is CCC(C)NC(=O)c1coc(CN(Cc2ccc(F)cc2)Cc2ccc(C)cc2C)n1. The molecule has 31 heavy (non-hydrogen) atoms. The van der Waals surface area contributed by atoms with Crippen LogP contribution in [0.25, 0.3) is 0 Å². The highest BCUT2D eigenvalue weighted by molar-refractivity contribution is 5.92. The maximum absolute atomic E-state index is 13.3. The molecule has 0 aliphatic carbocycles. The number of carbonyl (C=O) groups excluding carboxylic acids is 1. The first-order valence-electron chi connectivity index (χ1n) is 10.6. The van der Waals surface area contributed by atoms with Gasteiger partial charge in [-0.05, 0) is 56.0 Å². The van der Waals surface area contributed by atoms with Crippen molar-refractivity contribution in [1.29, 1.82) is 0 Å². The summed E-state index contributed by atoms with van der Waals surface area (Å²) in [5, 5.41) is 2.90. The zero-order valence-corrected chi connectivity index (χ0v) is 18.6. The molecule has 0 saturated heterocycles. The van der Waals surface area contributed by atoms with E-state index < -0.39 is 0 Å². The average Bonchev–Trinajstić information content (AvgIpc) is 3.20. The molecule has 1 atom stereocenters. The van der Waals surface area contributed by atoms with E-state index in [-0.39, 0.29) is 23.5 Å². The normalized spacial score (nSPS) is 12.2. The van der Waals surface area contributed by atoms with Gasteiger partial charge in [0, 0.05) is 19.1 Å². The lowest BCUT2D eigenvalue weighted by atomic mass is 10.0. The number of aryl methyl sites for hydroxylation is 2. The minimum atomic E-state index is -0.255. The van der Waals surface area contributed by atoms with Crippen LogP contribution < -0.4 is 5.32 Å². The fourth-order valence-electron chi connectivity index (χ4n) is 3.36. The second-order valence-corrected chi connectivity index (χ2v) is 8.11. The largest absolute Gasteiger partial charge is 0.447 e. The van der Waals surface area contributed by atoms with E-state index in [9.17, 15) is 9.18 Å². The number of rotatable bonds is 9. The molecule has 3 aromatic rings. The van der Waals surface area contributed by atoms with E-state index in [0.717, 1.165) is 12.0 Å². The van der Waals surface area contributed by atoms with Crippen molar-refractivity contribution in [3.8, 4) is 0 Å². The molecule has 2 aromatic carbocycles. The lowest BCUT2D eigenvalue weighted by molar-refractivity contribution is 0.0934. The van der Waals surface area contributed by atoms with Crippen LogP contribution in [0.4, 0.5) is 4.39 Å². The minimum absolute atomic E-state index is 0.0761. The number of nitrogens with one attached hydrogen (secondary N) is 1. The Morgan fingerprint density at radius 3 is 2.55 bits per heavy atom. The first-order chi connectivity index (χ1) is 14.8. The molecule has 1 heterocycles. The number of aromatic nitrogens is 1. The first-order valence-corrected chi connectivity index (χ1v) is 10.6. The summed E-state index contributed by atoms with van der Waals surface area (Å²) in [5.41, 5.74) is 4.91. The quantitative estimate of drug-likeness (QED) is 0.516. The van der Waals surface area contributed by atoms with E-state index in [1.54, 1.807) is 12.1 Å². The van der Waals surface area contributed by atoms with Crippen molar-refractivity contribution in [2.24, 2.45) is 0 Å². The molecular formula is C25H30FN3O2. The topological polar surface area (TPSA) is 58.4 Å². The van der Waals surface area contributed by atoms with Crippen LogP contribution in [0.5, 0.6) is 0 Å². The van der Waals surface area contributed by atoms with Gasteiger partial charge in [-0.15, -0.1) is 0 Å². The number of carbonyl (C=O) groups is 1. The Morgan fingerprint density at radius 2 is 1.87 bits per heavy atom. The van der Waals surface area contributed by atoms with Crippen LogP contribution in [-0.4, -0.2) is 21.8 Å². The summed E-state index contributed by atoms with van der Waals surface area (Å²) in [6.45, 7) is 9.85. The molecule has 0 aliphatic rings. The standard InChI is InChI=1S/C25H30FN3O2/c1-5-19(4)27-25(30)23-16-31-24(28-23)15-29(13-20-7-10-22(26)11-8-20)14-21-9-6-17(2)12-18(21)3/h6-12,16,19H,5,13-15H2,1-4H3,(H,27,30). The Hall–Kier alpha value is -2.99. The van der Waals surface area contributed by atoms with Crippen LogP contribution in [0.2, 0.25) is 0 Å². The first kappa shape index (κ1) is 22.7. The molecule has 1 aromatic heterocycles. The fourth-order valence-corrected chi connectivity index (χ4v) is 3.36. The van der Waals surface area contributed by atoms with E-state index in [0.29, 0.717) is 25.5 Å².